The highest BCUT2D eigenvalue weighted by atomic mass is 35.5. The minimum atomic E-state index is -0.0981. The first-order valence-corrected chi connectivity index (χ1v) is 7.89. The first-order valence-electron chi connectivity index (χ1n) is 7.52. The molecule has 1 atom stereocenters. The van der Waals surface area contributed by atoms with Gasteiger partial charge in [-0.15, -0.1) is 0 Å². The average Bonchev–Trinajstić information content (AvgIpc) is 2.91. The predicted octanol–water partition coefficient (Wildman–Crippen LogP) is 3.58. The molecule has 0 saturated heterocycles. The molecule has 1 amide bonds. The molecule has 1 heterocycles. The van der Waals surface area contributed by atoms with E-state index in [0.29, 0.717) is 11.6 Å². The molecule has 0 spiro atoms. The van der Waals surface area contributed by atoms with Gasteiger partial charge in [-0.1, -0.05) is 48.0 Å². The molecule has 0 fully saturated rings. The van der Waals surface area contributed by atoms with Gasteiger partial charge in [-0.05, 0) is 36.6 Å². The molecule has 1 aliphatic rings. The van der Waals surface area contributed by atoms with Crippen LogP contribution in [0.15, 0.2) is 48.5 Å². The largest absolute Gasteiger partial charge is 0.362 e. The van der Waals surface area contributed by atoms with E-state index in [1.165, 1.54) is 11.3 Å². The van der Waals surface area contributed by atoms with Crippen molar-refractivity contribution >= 4 is 23.2 Å². The normalized spacial score (nSPS) is 14.5. The molecular weight excluding hydrogens is 296 g/mol. The summed E-state index contributed by atoms with van der Waals surface area (Å²) in [6.45, 7) is 3.23. The smallest absolute Gasteiger partial charge is 0.239 e. The molecular formula is C18H19ClN2O. The Labute approximate surface area is 135 Å². The topological polar surface area (TPSA) is 32.3 Å². The third kappa shape index (κ3) is 3.09. The van der Waals surface area contributed by atoms with Crippen molar-refractivity contribution in [3.05, 3.63) is 64.7 Å². The molecule has 0 saturated carbocycles. The van der Waals surface area contributed by atoms with Crippen molar-refractivity contribution in [2.75, 3.05) is 18.0 Å². The van der Waals surface area contributed by atoms with Gasteiger partial charge < -0.3 is 10.2 Å². The lowest BCUT2D eigenvalue weighted by Crippen LogP contribution is -2.37. The molecule has 22 heavy (non-hydrogen) atoms. The molecule has 2 aromatic carbocycles. The maximum atomic E-state index is 12.3. The van der Waals surface area contributed by atoms with Gasteiger partial charge in [0.2, 0.25) is 5.91 Å². The molecule has 0 aliphatic carbocycles. The predicted molar refractivity (Wildman–Crippen MR) is 90.4 cm³/mol. The second-order valence-corrected chi connectivity index (χ2v) is 6.02. The molecule has 0 bridgehead atoms. The van der Waals surface area contributed by atoms with Crippen LogP contribution in [0.4, 0.5) is 5.69 Å². The average molecular weight is 315 g/mol. The quantitative estimate of drug-likeness (QED) is 0.935. The molecule has 1 aliphatic heterocycles. The van der Waals surface area contributed by atoms with Gasteiger partial charge in [0, 0.05) is 17.3 Å². The number of nitrogens with zero attached hydrogens (tertiary/aromatic N) is 1. The van der Waals surface area contributed by atoms with Crippen LogP contribution in [0.25, 0.3) is 0 Å². The Kier molecular flexibility index (Phi) is 4.34. The monoisotopic (exact) mass is 314 g/mol. The molecule has 3 nitrogen and oxygen atoms in total. The van der Waals surface area contributed by atoms with Crippen LogP contribution in [0.2, 0.25) is 5.02 Å². The first-order chi connectivity index (χ1) is 10.6. The standard InChI is InChI=1S/C18H19ClN2O/c1-13(15-7-3-4-8-16(15)19)20-18(22)12-21-11-10-14-6-2-5-9-17(14)21/h2-9,13H,10-12H2,1H3,(H,20,22). The Bertz CT molecular complexity index is 686. The summed E-state index contributed by atoms with van der Waals surface area (Å²) in [6, 6.07) is 15.8. The van der Waals surface area contributed by atoms with Crippen LogP contribution in [0.1, 0.15) is 24.1 Å². The van der Waals surface area contributed by atoms with Crippen LogP contribution < -0.4 is 10.2 Å². The van der Waals surface area contributed by atoms with Gasteiger partial charge in [0.05, 0.1) is 12.6 Å². The number of amides is 1. The van der Waals surface area contributed by atoms with E-state index in [1.54, 1.807) is 0 Å². The molecule has 0 radical (unpaired) electrons. The van der Waals surface area contributed by atoms with Crippen molar-refractivity contribution in [1.29, 1.82) is 0 Å². The van der Waals surface area contributed by atoms with E-state index in [9.17, 15) is 4.79 Å². The second kappa shape index (κ2) is 6.41. The molecule has 3 rings (SSSR count). The van der Waals surface area contributed by atoms with E-state index in [1.807, 2.05) is 43.3 Å². The summed E-state index contributed by atoms with van der Waals surface area (Å²) in [4.78, 5) is 14.4. The molecule has 114 valence electrons. The zero-order valence-electron chi connectivity index (χ0n) is 12.6. The van der Waals surface area contributed by atoms with E-state index >= 15 is 0 Å². The van der Waals surface area contributed by atoms with Crippen molar-refractivity contribution in [1.82, 2.24) is 5.32 Å². The number of fused-ring (bicyclic) bond motifs is 1. The number of nitrogens with one attached hydrogen (secondary N) is 1. The maximum Gasteiger partial charge on any atom is 0.239 e. The fourth-order valence-electron chi connectivity index (χ4n) is 2.94. The van der Waals surface area contributed by atoms with Crippen molar-refractivity contribution in [3.8, 4) is 0 Å². The van der Waals surface area contributed by atoms with Crippen LogP contribution in [-0.2, 0) is 11.2 Å². The van der Waals surface area contributed by atoms with E-state index < -0.39 is 0 Å². The van der Waals surface area contributed by atoms with Gasteiger partial charge in [-0.2, -0.15) is 0 Å². The Morgan fingerprint density at radius 3 is 2.77 bits per heavy atom. The van der Waals surface area contributed by atoms with Gasteiger partial charge in [0.1, 0.15) is 0 Å². The number of hydrogen-bond donors (Lipinski definition) is 1. The summed E-state index contributed by atoms with van der Waals surface area (Å²) in [7, 11) is 0. The zero-order valence-corrected chi connectivity index (χ0v) is 13.3. The van der Waals surface area contributed by atoms with Gasteiger partial charge >= 0.3 is 0 Å². The van der Waals surface area contributed by atoms with E-state index in [2.05, 4.69) is 22.3 Å². The lowest BCUT2D eigenvalue weighted by atomic mass is 10.1. The second-order valence-electron chi connectivity index (χ2n) is 5.61. The van der Waals surface area contributed by atoms with Crippen LogP contribution >= 0.6 is 11.6 Å². The SMILES string of the molecule is CC(NC(=O)CN1CCc2ccccc21)c1ccccc1Cl. The number of carbonyl (C=O) groups excluding carboxylic acids is 1. The third-order valence-electron chi connectivity index (χ3n) is 4.07. The Morgan fingerprint density at radius 1 is 1.23 bits per heavy atom. The molecule has 4 heteroatoms. The highest BCUT2D eigenvalue weighted by Gasteiger charge is 2.21. The lowest BCUT2D eigenvalue weighted by molar-refractivity contribution is -0.120. The van der Waals surface area contributed by atoms with Crippen molar-refractivity contribution in [3.63, 3.8) is 0 Å². The third-order valence-corrected chi connectivity index (χ3v) is 4.41. The number of carbonyl (C=O) groups is 1. The van der Waals surface area contributed by atoms with Crippen molar-refractivity contribution in [2.45, 2.75) is 19.4 Å². The Morgan fingerprint density at radius 2 is 1.95 bits per heavy atom. The van der Waals surface area contributed by atoms with Gasteiger partial charge in [0.15, 0.2) is 0 Å². The zero-order chi connectivity index (χ0) is 15.5. The molecule has 1 N–H and O–H groups in total. The summed E-state index contributed by atoms with van der Waals surface area (Å²) in [5.41, 5.74) is 3.43. The molecule has 2 aromatic rings. The molecule has 0 aromatic heterocycles. The lowest BCUT2D eigenvalue weighted by Gasteiger charge is -2.21. The summed E-state index contributed by atoms with van der Waals surface area (Å²) in [5.74, 6) is 0.0177. The number of para-hydroxylation sites is 1. The van der Waals surface area contributed by atoms with E-state index in [4.69, 9.17) is 11.6 Å². The minimum absolute atomic E-state index is 0.0177. The number of halogens is 1. The van der Waals surface area contributed by atoms with Crippen LogP contribution in [0, 0.1) is 0 Å². The van der Waals surface area contributed by atoms with Crippen LogP contribution in [-0.4, -0.2) is 19.0 Å². The number of benzene rings is 2. The fraction of sp³-hybridized carbons (Fsp3) is 0.278. The number of anilines is 1. The summed E-state index contributed by atoms with van der Waals surface area (Å²) < 4.78 is 0. The van der Waals surface area contributed by atoms with Gasteiger partial charge in [-0.3, -0.25) is 4.79 Å². The Hall–Kier alpha value is -2.00. The van der Waals surface area contributed by atoms with E-state index in [0.717, 1.165) is 18.5 Å². The highest BCUT2D eigenvalue weighted by molar-refractivity contribution is 6.31. The molecule has 1 unspecified atom stereocenters. The summed E-state index contributed by atoms with van der Waals surface area (Å²) >= 11 is 6.18. The van der Waals surface area contributed by atoms with Gasteiger partial charge in [-0.25, -0.2) is 0 Å². The fourth-order valence-corrected chi connectivity index (χ4v) is 3.23. The Balaban J connectivity index is 1.63. The highest BCUT2D eigenvalue weighted by Crippen LogP contribution is 2.27. The van der Waals surface area contributed by atoms with Gasteiger partial charge in [0.25, 0.3) is 0 Å². The van der Waals surface area contributed by atoms with Crippen LogP contribution in [0.5, 0.6) is 0 Å². The number of rotatable bonds is 4. The maximum absolute atomic E-state index is 12.3. The summed E-state index contributed by atoms with van der Waals surface area (Å²) in [5, 5.41) is 3.71. The van der Waals surface area contributed by atoms with Crippen molar-refractivity contribution < 1.29 is 4.79 Å². The minimum Gasteiger partial charge on any atom is -0.362 e. The van der Waals surface area contributed by atoms with E-state index in [-0.39, 0.29) is 11.9 Å². The first kappa shape index (κ1) is 14.9. The number of hydrogen-bond acceptors (Lipinski definition) is 2. The van der Waals surface area contributed by atoms with Crippen molar-refractivity contribution in [2.24, 2.45) is 0 Å². The van der Waals surface area contributed by atoms with Crippen LogP contribution in [0.3, 0.4) is 0 Å². The summed E-state index contributed by atoms with van der Waals surface area (Å²) in [6.07, 6.45) is 1.00.